The van der Waals surface area contributed by atoms with Crippen molar-refractivity contribution in [3.05, 3.63) is 90.1 Å². The number of aliphatic carboxylic acids is 1. The summed E-state index contributed by atoms with van der Waals surface area (Å²) in [5, 5.41) is 12.9. The number of nitrogens with one attached hydrogen (secondary N) is 3. The number of benzene rings is 2. The van der Waals surface area contributed by atoms with Gasteiger partial charge in [0.15, 0.2) is 0 Å². The number of hydrogen-bond acceptors (Lipinski definition) is 5. The van der Waals surface area contributed by atoms with Crippen LogP contribution in [0.5, 0.6) is 0 Å². The molecule has 34 heavy (non-hydrogen) atoms. The van der Waals surface area contributed by atoms with E-state index in [0.717, 1.165) is 10.9 Å². The number of anilines is 1. The monoisotopic (exact) mass is 482 g/mol. The number of fused-ring (bicyclic) bond motifs is 1. The van der Waals surface area contributed by atoms with Crippen LogP contribution in [0.3, 0.4) is 0 Å². The molecule has 1 atom stereocenters. The fourth-order valence-corrected chi connectivity index (χ4v) is 4.62. The lowest BCUT2D eigenvalue weighted by atomic mass is 10.1. The van der Waals surface area contributed by atoms with Crippen LogP contribution in [0.25, 0.3) is 10.9 Å². The van der Waals surface area contributed by atoms with Crippen molar-refractivity contribution in [3.63, 3.8) is 0 Å². The third-order valence-electron chi connectivity index (χ3n) is 5.12. The molecule has 0 spiro atoms. The lowest BCUT2D eigenvalue weighted by Crippen LogP contribution is -2.42. The number of carboxylic acids is 1. The topological polar surface area (TPSA) is 141 Å². The molecule has 0 bridgehead atoms. The quantitative estimate of drug-likeness (QED) is 0.285. The number of aromatic nitrogens is 2. The molecular weight excluding hydrogens is 463 g/mol. The van der Waals surface area contributed by atoms with Crippen molar-refractivity contribution < 1.29 is 27.5 Å². The molecule has 0 aliphatic carbocycles. The van der Waals surface area contributed by atoms with E-state index >= 15 is 0 Å². The van der Waals surface area contributed by atoms with E-state index in [4.69, 9.17) is 0 Å². The maximum absolute atomic E-state index is 13.7. The first kappa shape index (κ1) is 23.1. The van der Waals surface area contributed by atoms with Crippen LogP contribution in [0.2, 0.25) is 0 Å². The van der Waals surface area contributed by atoms with Crippen LogP contribution in [-0.4, -0.2) is 41.4 Å². The predicted molar refractivity (Wildman–Crippen MR) is 122 cm³/mol. The molecule has 11 heteroatoms. The van der Waals surface area contributed by atoms with Gasteiger partial charge in [-0.05, 0) is 48.0 Å². The molecule has 0 aliphatic heterocycles. The molecule has 0 saturated heterocycles. The van der Waals surface area contributed by atoms with Gasteiger partial charge in [-0.2, -0.15) is 9.11 Å². The molecule has 174 valence electrons. The Labute approximate surface area is 193 Å². The molecule has 1 amide bonds. The van der Waals surface area contributed by atoms with Crippen LogP contribution in [0.4, 0.5) is 10.1 Å². The van der Waals surface area contributed by atoms with Gasteiger partial charge in [0, 0.05) is 35.4 Å². The minimum atomic E-state index is -4.19. The van der Waals surface area contributed by atoms with Crippen molar-refractivity contribution in [1.82, 2.24) is 14.7 Å². The molecule has 0 radical (unpaired) electrons. The smallest absolute Gasteiger partial charge is 0.322 e. The summed E-state index contributed by atoms with van der Waals surface area (Å²) in [6.45, 7) is 0. The van der Waals surface area contributed by atoms with E-state index < -0.39 is 33.9 Å². The minimum absolute atomic E-state index is 0.0661. The summed E-state index contributed by atoms with van der Waals surface area (Å²) in [5.74, 6) is -3.00. The summed E-state index contributed by atoms with van der Waals surface area (Å²) in [7, 11) is -4.19. The maximum Gasteiger partial charge on any atom is 0.322 e. The highest BCUT2D eigenvalue weighted by atomic mass is 32.2. The number of halogens is 1. The largest absolute Gasteiger partial charge is 0.480 e. The Balaban J connectivity index is 1.48. The molecule has 4 aromatic rings. The molecule has 0 aliphatic rings. The fraction of sp³-hybridized carbons (Fsp3) is 0.0870. The molecule has 2 aromatic carbocycles. The Morgan fingerprint density at radius 2 is 1.79 bits per heavy atom. The van der Waals surface area contributed by atoms with E-state index in [-0.39, 0.29) is 22.6 Å². The number of pyridine rings is 1. The Bertz CT molecular complexity index is 1470. The van der Waals surface area contributed by atoms with E-state index in [9.17, 15) is 27.5 Å². The number of amides is 1. The van der Waals surface area contributed by atoms with Crippen molar-refractivity contribution in [1.29, 1.82) is 0 Å². The highest BCUT2D eigenvalue weighted by Gasteiger charge is 2.26. The summed E-state index contributed by atoms with van der Waals surface area (Å²) < 4.78 is 41.5. The Kier molecular flexibility index (Phi) is 6.39. The molecule has 2 heterocycles. The van der Waals surface area contributed by atoms with Gasteiger partial charge in [-0.25, -0.2) is 13.4 Å². The number of hydrogen-bond donors (Lipinski definition) is 4. The molecule has 4 N–H and O–H groups in total. The van der Waals surface area contributed by atoms with Gasteiger partial charge in [-0.15, -0.1) is 0 Å². The van der Waals surface area contributed by atoms with Gasteiger partial charge in [0.1, 0.15) is 6.04 Å². The number of para-hydroxylation sites is 1. The van der Waals surface area contributed by atoms with Crippen LogP contribution in [-0.2, 0) is 21.2 Å². The summed E-state index contributed by atoms with van der Waals surface area (Å²) in [6, 6.07) is 13.6. The second-order valence-corrected chi connectivity index (χ2v) is 9.11. The van der Waals surface area contributed by atoms with Crippen molar-refractivity contribution >= 4 is 38.5 Å². The first-order chi connectivity index (χ1) is 16.2. The molecule has 4 rings (SSSR count). The number of carboxylic acid groups (broad SMARTS) is 1. The van der Waals surface area contributed by atoms with E-state index in [0.29, 0.717) is 5.56 Å². The third-order valence-corrected chi connectivity index (χ3v) is 6.61. The summed E-state index contributed by atoms with van der Waals surface area (Å²) >= 11 is 0. The molecule has 0 unspecified atom stereocenters. The fourth-order valence-electron chi connectivity index (χ4n) is 3.43. The summed E-state index contributed by atoms with van der Waals surface area (Å²) in [5.41, 5.74) is 1.43. The lowest BCUT2D eigenvalue weighted by molar-refractivity contribution is -0.138. The average molecular weight is 482 g/mol. The maximum atomic E-state index is 13.7. The van der Waals surface area contributed by atoms with Gasteiger partial charge in [0.25, 0.3) is 5.91 Å². The van der Waals surface area contributed by atoms with E-state index in [1.165, 1.54) is 42.6 Å². The number of carbonyl (C=O) groups is 2. The van der Waals surface area contributed by atoms with Crippen LogP contribution in [0.1, 0.15) is 15.9 Å². The Morgan fingerprint density at radius 3 is 2.50 bits per heavy atom. The minimum Gasteiger partial charge on any atom is -0.480 e. The number of H-pyrrole nitrogens is 1. The van der Waals surface area contributed by atoms with Crippen molar-refractivity contribution in [2.24, 2.45) is 0 Å². The second-order valence-electron chi connectivity index (χ2n) is 7.40. The summed E-state index contributed by atoms with van der Waals surface area (Å²) in [4.78, 5) is 30.2. The Morgan fingerprint density at radius 1 is 1.06 bits per heavy atom. The predicted octanol–water partition coefficient (Wildman–Crippen LogP) is 2.93. The third kappa shape index (κ3) is 4.95. The van der Waals surface area contributed by atoms with Crippen molar-refractivity contribution in [2.75, 3.05) is 5.32 Å². The number of nitrogens with zero attached hydrogens (tertiary/aromatic N) is 1. The first-order valence-electron chi connectivity index (χ1n) is 10.1. The van der Waals surface area contributed by atoms with Gasteiger partial charge < -0.3 is 15.4 Å². The van der Waals surface area contributed by atoms with Gasteiger partial charge >= 0.3 is 5.97 Å². The molecule has 2 aromatic heterocycles. The van der Waals surface area contributed by atoms with E-state index in [1.54, 1.807) is 6.20 Å². The van der Waals surface area contributed by atoms with E-state index in [1.807, 2.05) is 24.3 Å². The van der Waals surface area contributed by atoms with Gasteiger partial charge in [0.2, 0.25) is 16.0 Å². The summed E-state index contributed by atoms with van der Waals surface area (Å²) in [6.07, 6.45) is 2.79. The normalized spacial score (nSPS) is 12.4. The van der Waals surface area contributed by atoms with Crippen LogP contribution in [0, 0.1) is 5.95 Å². The van der Waals surface area contributed by atoms with Crippen molar-refractivity contribution in [3.8, 4) is 0 Å². The molecule has 0 saturated carbocycles. The van der Waals surface area contributed by atoms with Crippen LogP contribution in [0.15, 0.2) is 78.0 Å². The molecule has 0 fully saturated rings. The van der Waals surface area contributed by atoms with E-state index in [2.05, 4.69) is 20.0 Å². The lowest BCUT2D eigenvalue weighted by Gasteiger charge is -2.15. The number of carbonyl (C=O) groups excluding carboxylic acids is 1. The zero-order valence-electron chi connectivity index (χ0n) is 17.5. The number of aromatic amines is 1. The Hall–Kier alpha value is -4.09. The highest BCUT2D eigenvalue weighted by Crippen LogP contribution is 2.21. The first-order valence-corrected chi connectivity index (χ1v) is 11.5. The van der Waals surface area contributed by atoms with Gasteiger partial charge in [-0.3, -0.25) is 9.59 Å². The second kappa shape index (κ2) is 9.41. The SMILES string of the molecule is O=C(Nc1ccc(S(=O)(=O)N[C@H](Cc2c[nH]c3ccccc23)C(=O)O)cc1)c1cccnc1F. The van der Waals surface area contributed by atoms with Gasteiger partial charge in [-0.1, -0.05) is 18.2 Å². The zero-order chi connectivity index (χ0) is 24.3. The molecule has 9 nitrogen and oxygen atoms in total. The molecular formula is C23H19FN4O5S. The zero-order valence-corrected chi connectivity index (χ0v) is 18.3. The van der Waals surface area contributed by atoms with Crippen LogP contribution >= 0.6 is 0 Å². The number of rotatable bonds is 8. The highest BCUT2D eigenvalue weighted by molar-refractivity contribution is 7.89. The standard InChI is InChI=1S/C23H19FN4O5S/c24-21-18(5-3-11-25-21)22(29)27-15-7-9-16(10-8-15)34(32,33)28-20(23(30)31)12-14-13-26-19-6-2-1-4-17(14)19/h1-11,13,20,26,28H,12H2,(H,27,29)(H,30,31)/t20-/m1/s1. The van der Waals surface area contributed by atoms with Crippen molar-refractivity contribution in [2.45, 2.75) is 17.4 Å². The number of sulfonamides is 1. The average Bonchev–Trinajstić information content (AvgIpc) is 3.22. The van der Waals surface area contributed by atoms with Gasteiger partial charge in [0.05, 0.1) is 10.5 Å². The van der Waals surface area contributed by atoms with Crippen LogP contribution < -0.4 is 10.0 Å².